The van der Waals surface area contributed by atoms with E-state index in [4.69, 9.17) is 15.7 Å². The normalized spacial score (nSPS) is 11.7. The van der Waals surface area contributed by atoms with Gasteiger partial charge in [-0.3, -0.25) is 9.48 Å². The summed E-state index contributed by atoms with van der Waals surface area (Å²) in [5.74, 6) is -0.0584. The largest absolute Gasteiger partial charge is 0.409 e. The predicted octanol–water partition coefficient (Wildman–Crippen LogP) is 0.208. The van der Waals surface area contributed by atoms with Crippen molar-refractivity contribution < 1.29 is 14.7 Å². The van der Waals surface area contributed by atoms with Crippen molar-refractivity contribution in [3.63, 3.8) is 0 Å². The SMILES string of the molecule is CCc1cc(C(=O)N(CCOC)CCC(N)=NO)n(C)n1. The molecule has 0 spiro atoms. The van der Waals surface area contributed by atoms with Crippen molar-refractivity contribution in [1.82, 2.24) is 14.7 Å². The van der Waals surface area contributed by atoms with E-state index in [0.29, 0.717) is 31.8 Å². The van der Waals surface area contributed by atoms with Gasteiger partial charge in [0.05, 0.1) is 12.3 Å². The number of aromatic nitrogens is 2. The minimum atomic E-state index is -0.146. The maximum atomic E-state index is 12.6. The van der Waals surface area contributed by atoms with Crippen molar-refractivity contribution >= 4 is 11.7 Å². The molecular formula is C13H23N5O3. The lowest BCUT2D eigenvalue weighted by molar-refractivity contribution is 0.0690. The van der Waals surface area contributed by atoms with Gasteiger partial charge in [-0.1, -0.05) is 12.1 Å². The molecule has 0 unspecified atom stereocenters. The molecule has 0 aliphatic carbocycles. The molecule has 1 amide bonds. The fraction of sp³-hybridized carbons (Fsp3) is 0.615. The Balaban J connectivity index is 2.84. The zero-order valence-corrected chi connectivity index (χ0v) is 12.7. The number of amidine groups is 1. The van der Waals surface area contributed by atoms with Gasteiger partial charge in [0.25, 0.3) is 5.91 Å². The highest BCUT2D eigenvalue weighted by Crippen LogP contribution is 2.08. The van der Waals surface area contributed by atoms with Crippen LogP contribution in [0.1, 0.15) is 29.5 Å². The lowest BCUT2D eigenvalue weighted by Crippen LogP contribution is -2.37. The van der Waals surface area contributed by atoms with E-state index < -0.39 is 0 Å². The first kappa shape index (κ1) is 17.0. The third-order valence-corrected chi connectivity index (χ3v) is 3.13. The molecule has 0 saturated carbocycles. The number of hydrogen-bond donors (Lipinski definition) is 2. The number of nitrogens with two attached hydrogens (primary N) is 1. The van der Waals surface area contributed by atoms with Crippen molar-refractivity contribution in [3.05, 3.63) is 17.5 Å². The molecule has 0 bridgehead atoms. The summed E-state index contributed by atoms with van der Waals surface area (Å²) in [6.07, 6.45) is 1.06. The number of oxime groups is 1. The molecular weight excluding hydrogens is 274 g/mol. The molecule has 1 heterocycles. The van der Waals surface area contributed by atoms with Crippen LogP contribution in [0.5, 0.6) is 0 Å². The van der Waals surface area contributed by atoms with E-state index in [-0.39, 0.29) is 11.7 Å². The molecule has 0 fully saturated rings. The Morgan fingerprint density at radius 3 is 2.81 bits per heavy atom. The minimum Gasteiger partial charge on any atom is -0.409 e. The van der Waals surface area contributed by atoms with Crippen molar-refractivity contribution in [2.45, 2.75) is 19.8 Å². The van der Waals surface area contributed by atoms with E-state index >= 15 is 0 Å². The van der Waals surface area contributed by atoms with Gasteiger partial charge in [0, 0.05) is 33.7 Å². The van der Waals surface area contributed by atoms with Crippen LogP contribution in [0.15, 0.2) is 11.2 Å². The molecule has 0 aliphatic rings. The third-order valence-electron chi connectivity index (χ3n) is 3.13. The number of amides is 1. The minimum absolute atomic E-state index is 0.0875. The van der Waals surface area contributed by atoms with E-state index in [2.05, 4.69) is 10.3 Å². The smallest absolute Gasteiger partial charge is 0.272 e. The first-order chi connectivity index (χ1) is 10.0. The Morgan fingerprint density at radius 1 is 1.57 bits per heavy atom. The van der Waals surface area contributed by atoms with Crippen LogP contribution in [0, 0.1) is 0 Å². The van der Waals surface area contributed by atoms with Crippen LogP contribution in [-0.4, -0.2) is 58.4 Å². The molecule has 0 aliphatic heterocycles. The van der Waals surface area contributed by atoms with E-state index in [9.17, 15) is 4.79 Å². The van der Waals surface area contributed by atoms with Gasteiger partial charge in [-0.05, 0) is 12.5 Å². The monoisotopic (exact) mass is 297 g/mol. The fourth-order valence-corrected chi connectivity index (χ4v) is 1.88. The second-order valence-corrected chi connectivity index (χ2v) is 4.62. The number of carbonyl (C=O) groups excluding carboxylic acids is 1. The number of ether oxygens (including phenoxy) is 1. The quantitative estimate of drug-likeness (QED) is 0.309. The highest BCUT2D eigenvalue weighted by Gasteiger charge is 2.20. The van der Waals surface area contributed by atoms with Crippen LogP contribution in [0.4, 0.5) is 0 Å². The molecule has 0 radical (unpaired) electrons. The van der Waals surface area contributed by atoms with Crippen molar-refractivity contribution in [1.29, 1.82) is 0 Å². The maximum absolute atomic E-state index is 12.6. The number of methoxy groups -OCH3 is 1. The molecule has 1 aromatic heterocycles. The van der Waals surface area contributed by atoms with Gasteiger partial charge < -0.3 is 20.6 Å². The van der Waals surface area contributed by atoms with Gasteiger partial charge in [0.2, 0.25) is 0 Å². The summed E-state index contributed by atoms with van der Waals surface area (Å²) in [5, 5.41) is 15.8. The number of carbonyl (C=O) groups is 1. The van der Waals surface area contributed by atoms with Gasteiger partial charge in [-0.2, -0.15) is 5.10 Å². The molecule has 0 aromatic carbocycles. The zero-order chi connectivity index (χ0) is 15.8. The summed E-state index contributed by atoms with van der Waals surface area (Å²) in [6.45, 7) is 3.18. The number of nitrogens with zero attached hydrogens (tertiary/aromatic N) is 4. The van der Waals surface area contributed by atoms with Gasteiger partial charge in [0.15, 0.2) is 0 Å². The highest BCUT2D eigenvalue weighted by atomic mass is 16.5. The average Bonchev–Trinajstić information content (AvgIpc) is 2.87. The van der Waals surface area contributed by atoms with E-state index in [0.717, 1.165) is 12.1 Å². The van der Waals surface area contributed by atoms with E-state index in [1.807, 2.05) is 6.92 Å². The first-order valence-corrected chi connectivity index (χ1v) is 6.81. The van der Waals surface area contributed by atoms with Crippen molar-refractivity contribution in [2.75, 3.05) is 26.8 Å². The topological polar surface area (TPSA) is 106 Å². The number of rotatable bonds is 8. The van der Waals surface area contributed by atoms with Gasteiger partial charge in [-0.15, -0.1) is 0 Å². The molecule has 118 valence electrons. The third kappa shape index (κ3) is 4.75. The van der Waals surface area contributed by atoms with Crippen LogP contribution >= 0.6 is 0 Å². The lowest BCUT2D eigenvalue weighted by Gasteiger charge is -2.22. The number of aryl methyl sites for hydroxylation is 2. The van der Waals surface area contributed by atoms with Crippen LogP contribution in [0.3, 0.4) is 0 Å². The Hall–Kier alpha value is -2.09. The fourth-order valence-electron chi connectivity index (χ4n) is 1.88. The molecule has 8 heteroatoms. The van der Waals surface area contributed by atoms with Gasteiger partial charge in [-0.25, -0.2) is 0 Å². The average molecular weight is 297 g/mol. The zero-order valence-electron chi connectivity index (χ0n) is 12.7. The molecule has 1 rings (SSSR count). The Bertz CT molecular complexity index is 498. The molecule has 8 nitrogen and oxygen atoms in total. The second kappa shape index (κ2) is 8.25. The maximum Gasteiger partial charge on any atom is 0.272 e. The predicted molar refractivity (Wildman–Crippen MR) is 78.4 cm³/mol. The van der Waals surface area contributed by atoms with Crippen LogP contribution < -0.4 is 5.73 Å². The van der Waals surface area contributed by atoms with E-state index in [1.165, 1.54) is 0 Å². The Kier molecular flexibility index (Phi) is 6.67. The van der Waals surface area contributed by atoms with Crippen LogP contribution in [0.2, 0.25) is 0 Å². The first-order valence-electron chi connectivity index (χ1n) is 6.81. The summed E-state index contributed by atoms with van der Waals surface area (Å²) >= 11 is 0. The summed E-state index contributed by atoms with van der Waals surface area (Å²) in [4.78, 5) is 14.2. The molecule has 0 saturated heterocycles. The molecule has 1 aromatic rings. The summed E-state index contributed by atoms with van der Waals surface area (Å²) in [5.41, 5.74) is 6.84. The Morgan fingerprint density at radius 2 is 2.29 bits per heavy atom. The van der Waals surface area contributed by atoms with Crippen molar-refractivity contribution in [2.24, 2.45) is 17.9 Å². The second-order valence-electron chi connectivity index (χ2n) is 4.62. The van der Waals surface area contributed by atoms with Crippen LogP contribution in [-0.2, 0) is 18.2 Å². The molecule has 3 N–H and O–H groups in total. The molecule has 0 atom stereocenters. The summed E-state index contributed by atoms with van der Waals surface area (Å²) < 4.78 is 6.59. The van der Waals surface area contributed by atoms with Gasteiger partial charge in [0.1, 0.15) is 11.5 Å². The van der Waals surface area contributed by atoms with Crippen LogP contribution in [0.25, 0.3) is 0 Å². The summed E-state index contributed by atoms with van der Waals surface area (Å²) in [6, 6.07) is 1.78. The highest BCUT2D eigenvalue weighted by molar-refractivity contribution is 5.93. The van der Waals surface area contributed by atoms with Crippen molar-refractivity contribution in [3.8, 4) is 0 Å². The number of hydrogen-bond acceptors (Lipinski definition) is 5. The Labute approximate surface area is 124 Å². The standard InChI is InChI=1S/C13H23N5O3/c1-4-10-9-11(17(2)15-10)13(19)18(7-8-21-3)6-5-12(14)16-20/h9,20H,4-8H2,1-3H3,(H2,14,16). The van der Waals surface area contributed by atoms with E-state index in [1.54, 1.807) is 29.8 Å². The molecule has 21 heavy (non-hydrogen) atoms. The van der Waals surface area contributed by atoms with Gasteiger partial charge >= 0.3 is 0 Å². The lowest BCUT2D eigenvalue weighted by atomic mass is 10.2. The summed E-state index contributed by atoms with van der Waals surface area (Å²) in [7, 11) is 3.32.